The maximum Gasteiger partial charge on any atom is 2.00 e. The zero-order valence-electron chi connectivity index (χ0n) is 27.7. The van der Waals surface area contributed by atoms with Crippen LogP contribution in [-0.4, -0.2) is 49.7 Å². The molecular formula is C36H68CaO4. The van der Waals surface area contributed by atoms with E-state index < -0.39 is 11.9 Å². The number of carbonyl (C=O) groups excluding carboxylic acids is 2. The van der Waals surface area contributed by atoms with Crippen molar-refractivity contribution < 1.29 is 19.8 Å². The number of hydrogen-bond donors (Lipinski definition) is 0. The largest absolute Gasteiger partial charge is 2.00 e. The minimum atomic E-state index is -0.914. The molecule has 0 spiro atoms. The van der Waals surface area contributed by atoms with Gasteiger partial charge in [0.1, 0.15) is 0 Å². The van der Waals surface area contributed by atoms with Gasteiger partial charge in [0.05, 0.1) is 0 Å². The summed E-state index contributed by atoms with van der Waals surface area (Å²) in [6.07, 6.45) is 40.8. The Labute approximate surface area is 286 Å². The standard InChI is InChI=1S/C18H36O2.C18H34O2.Ca/c2*1-2-3-4-5-6-7-8-9-10-11-12-13-14-15-16-17-18(19)20;/h2-17H2,1H3,(H,19,20);9-10H,2-8,11-17H2,1H3,(H,19,20);/q;;+2/p-2/b;10-9-;. The smallest absolute Gasteiger partial charge is 0.550 e. The quantitative estimate of drug-likeness (QED) is 0.0448. The predicted molar refractivity (Wildman–Crippen MR) is 175 cm³/mol. The second kappa shape index (κ2) is 42.1. The summed E-state index contributed by atoms with van der Waals surface area (Å²) in [5, 5.41) is 20.4. The topological polar surface area (TPSA) is 80.3 Å². The van der Waals surface area contributed by atoms with Crippen molar-refractivity contribution in [3.05, 3.63) is 12.2 Å². The molecule has 0 saturated heterocycles. The molecule has 0 radical (unpaired) electrons. The van der Waals surface area contributed by atoms with Crippen LogP contribution in [0, 0.1) is 0 Å². The fourth-order valence-corrected chi connectivity index (χ4v) is 4.98. The molecule has 0 bridgehead atoms. The third-order valence-corrected chi connectivity index (χ3v) is 7.63. The van der Waals surface area contributed by atoms with Gasteiger partial charge in [-0.05, 0) is 51.4 Å². The van der Waals surface area contributed by atoms with Gasteiger partial charge in [-0.3, -0.25) is 0 Å². The van der Waals surface area contributed by atoms with Crippen molar-refractivity contribution in [2.75, 3.05) is 0 Å². The molecule has 0 unspecified atom stereocenters. The molecule has 0 aliphatic carbocycles. The maximum absolute atomic E-state index is 10.2. The molecule has 0 fully saturated rings. The minimum Gasteiger partial charge on any atom is -0.550 e. The molecule has 0 amide bonds. The van der Waals surface area contributed by atoms with Crippen LogP contribution in [0.2, 0.25) is 0 Å². The maximum atomic E-state index is 10.2. The molecule has 0 aliphatic heterocycles. The van der Waals surface area contributed by atoms with Gasteiger partial charge in [0.15, 0.2) is 0 Å². The van der Waals surface area contributed by atoms with Gasteiger partial charge in [0, 0.05) is 11.9 Å². The van der Waals surface area contributed by atoms with Crippen molar-refractivity contribution >= 4 is 49.7 Å². The van der Waals surface area contributed by atoms with Crippen LogP contribution >= 0.6 is 0 Å². The first-order valence-corrected chi connectivity index (χ1v) is 17.6. The number of carbonyl (C=O) groups is 2. The number of unbranched alkanes of at least 4 members (excludes halogenated alkanes) is 25. The fourth-order valence-electron chi connectivity index (χ4n) is 4.98. The molecule has 0 heterocycles. The van der Waals surface area contributed by atoms with E-state index in [2.05, 4.69) is 26.0 Å². The number of hydrogen-bond acceptors (Lipinski definition) is 4. The molecule has 4 nitrogen and oxygen atoms in total. The first-order valence-electron chi connectivity index (χ1n) is 17.6. The van der Waals surface area contributed by atoms with Crippen LogP contribution in [0.15, 0.2) is 12.2 Å². The molecule has 0 aromatic rings. The Morgan fingerprint density at radius 1 is 0.390 bits per heavy atom. The van der Waals surface area contributed by atoms with Crippen molar-refractivity contribution in [3.63, 3.8) is 0 Å². The van der Waals surface area contributed by atoms with E-state index in [1.807, 2.05) is 0 Å². The van der Waals surface area contributed by atoms with E-state index in [-0.39, 0.29) is 50.6 Å². The number of carboxylic acids is 2. The third-order valence-electron chi connectivity index (χ3n) is 7.63. The fraction of sp³-hybridized carbons (Fsp3) is 0.889. The molecule has 0 N–H and O–H groups in total. The molecule has 0 aromatic carbocycles. The van der Waals surface area contributed by atoms with Crippen LogP contribution in [0.3, 0.4) is 0 Å². The average molecular weight is 605 g/mol. The summed E-state index contributed by atoms with van der Waals surface area (Å²) < 4.78 is 0. The number of carboxylic acid groups (broad SMARTS) is 2. The molecular weight excluding hydrogens is 536 g/mol. The first kappa shape index (κ1) is 45.4. The second-order valence-electron chi connectivity index (χ2n) is 11.8. The molecule has 0 aromatic heterocycles. The summed E-state index contributed by atoms with van der Waals surface area (Å²) in [5.41, 5.74) is 0. The van der Waals surface area contributed by atoms with E-state index in [4.69, 9.17) is 0 Å². The summed E-state index contributed by atoms with van der Waals surface area (Å²) in [5.74, 6) is -1.82. The van der Waals surface area contributed by atoms with Crippen LogP contribution in [0.4, 0.5) is 0 Å². The Bertz CT molecular complexity index is 536. The summed E-state index contributed by atoms with van der Waals surface area (Å²) >= 11 is 0. The Morgan fingerprint density at radius 3 is 0.854 bits per heavy atom. The van der Waals surface area contributed by atoms with Gasteiger partial charge < -0.3 is 19.8 Å². The summed E-state index contributed by atoms with van der Waals surface area (Å²) in [6.45, 7) is 4.52. The SMILES string of the molecule is CCCCCCCC/C=C\CCCCCCCC(=O)[O-].CCCCCCCCCCCCCCCCCC(=O)[O-].[Ca+2]. The third kappa shape index (κ3) is 49.9. The van der Waals surface area contributed by atoms with Gasteiger partial charge in [-0.25, -0.2) is 0 Å². The Kier molecular flexibility index (Phi) is 46.6. The minimum absolute atomic E-state index is 0. The summed E-state index contributed by atoms with van der Waals surface area (Å²) in [6, 6.07) is 0. The molecule has 0 saturated carbocycles. The zero-order chi connectivity index (χ0) is 29.8. The zero-order valence-corrected chi connectivity index (χ0v) is 29.9. The van der Waals surface area contributed by atoms with E-state index in [0.29, 0.717) is 0 Å². The summed E-state index contributed by atoms with van der Waals surface area (Å²) in [7, 11) is 0. The molecule has 0 rings (SSSR count). The molecule has 0 aliphatic rings. The van der Waals surface area contributed by atoms with E-state index >= 15 is 0 Å². The molecule has 238 valence electrons. The van der Waals surface area contributed by atoms with E-state index in [9.17, 15) is 19.8 Å². The van der Waals surface area contributed by atoms with Gasteiger partial charge in [-0.15, -0.1) is 0 Å². The van der Waals surface area contributed by atoms with Crippen LogP contribution in [0.5, 0.6) is 0 Å². The Hall–Kier alpha value is -0.0603. The van der Waals surface area contributed by atoms with Crippen molar-refractivity contribution in [1.29, 1.82) is 0 Å². The van der Waals surface area contributed by atoms with Gasteiger partial charge in [0.2, 0.25) is 0 Å². The molecule has 41 heavy (non-hydrogen) atoms. The summed E-state index contributed by atoms with van der Waals surface area (Å²) in [4.78, 5) is 20.4. The van der Waals surface area contributed by atoms with Crippen LogP contribution in [0.1, 0.15) is 206 Å². The van der Waals surface area contributed by atoms with Crippen LogP contribution in [-0.2, 0) is 9.59 Å². The number of rotatable bonds is 31. The van der Waals surface area contributed by atoms with Gasteiger partial charge in [0.25, 0.3) is 0 Å². The molecule has 0 atom stereocenters. The Balaban J connectivity index is -0.000000688. The van der Waals surface area contributed by atoms with Gasteiger partial charge in [-0.2, -0.15) is 0 Å². The number of allylic oxidation sites excluding steroid dienone is 2. The van der Waals surface area contributed by atoms with Crippen LogP contribution in [0.25, 0.3) is 0 Å². The van der Waals surface area contributed by atoms with Gasteiger partial charge >= 0.3 is 37.7 Å². The molecule has 5 heteroatoms. The van der Waals surface area contributed by atoms with Gasteiger partial charge in [-0.1, -0.05) is 167 Å². The Morgan fingerprint density at radius 2 is 0.610 bits per heavy atom. The van der Waals surface area contributed by atoms with Crippen molar-refractivity contribution in [2.24, 2.45) is 0 Å². The normalized spacial score (nSPS) is 10.8. The average Bonchev–Trinajstić information content (AvgIpc) is 2.93. The monoisotopic (exact) mass is 604 g/mol. The second-order valence-corrected chi connectivity index (χ2v) is 11.8. The van der Waals surface area contributed by atoms with Crippen LogP contribution < -0.4 is 10.2 Å². The van der Waals surface area contributed by atoms with Crippen molar-refractivity contribution in [3.8, 4) is 0 Å². The number of aliphatic carboxylic acids is 2. The van der Waals surface area contributed by atoms with Crippen molar-refractivity contribution in [2.45, 2.75) is 206 Å². The van der Waals surface area contributed by atoms with E-state index in [0.717, 1.165) is 32.1 Å². The van der Waals surface area contributed by atoms with E-state index in [1.54, 1.807) is 0 Å². The van der Waals surface area contributed by atoms with E-state index in [1.165, 1.54) is 148 Å². The first-order chi connectivity index (χ1) is 19.5. The predicted octanol–water partition coefficient (Wildman–Crippen LogP) is 9.39. The van der Waals surface area contributed by atoms with Crippen molar-refractivity contribution in [1.82, 2.24) is 0 Å².